The molecule has 0 spiro atoms. The monoisotopic (exact) mass is 317 g/mol. The summed E-state index contributed by atoms with van der Waals surface area (Å²) in [6.07, 6.45) is 0. The molecule has 3 aromatic rings. The Morgan fingerprint density at radius 1 is 1.19 bits per heavy atom. The molecule has 106 valence electrons. The maximum atomic E-state index is 11.6. The number of thiazole rings is 1. The van der Waals surface area contributed by atoms with E-state index in [-0.39, 0.29) is 0 Å². The van der Waals surface area contributed by atoms with E-state index in [0.29, 0.717) is 21.2 Å². The van der Waals surface area contributed by atoms with Crippen molar-refractivity contribution < 1.29 is 9.90 Å². The van der Waals surface area contributed by atoms with E-state index in [1.165, 1.54) is 11.3 Å². The van der Waals surface area contributed by atoms with Crippen LogP contribution in [-0.4, -0.2) is 16.1 Å². The summed E-state index contributed by atoms with van der Waals surface area (Å²) >= 11 is 7.61. The van der Waals surface area contributed by atoms with Gasteiger partial charge in [0.2, 0.25) is 0 Å². The predicted molar refractivity (Wildman–Crippen MR) is 86.5 cm³/mol. The number of aromatic nitrogens is 1. The zero-order chi connectivity index (χ0) is 15.1. The van der Waals surface area contributed by atoms with Crippen LogP contribution in [0.2, 0.25) is 5.02 Å². The minimum Gasteiger partial charge on any atom is -0.478 e. The van der Waals surface area contributed by atoms with E-state index in [0.717, 1.165) is 21.3 Å². The second kappa shape index (κ2) is 5.13. The molecule has 2 aromatic carbocycles. The van der Waals surface area contributed by atoms with Crippen molar-refractivity contribution in [3.63, 3.8) is 0 Å². The van der Waals surface area contributed by atoms with Crippen LogP contribution in [-0.2, 0) is 0 Å². The van der Waals surface area contributed by atoms with E-state index < -0.39 is 5.97 Å². The van der Waals surface area contributed by atoms with Crippen molar-refractivity contribution in [1.29, 1.82) is 0 Å². The van der Waals surface area contributed by atoms with Crippen molar-refractivity contribution >= 4 is 39.1 Å². The zero-order valence-corrected chi connectivity index (χ0v) is 13.0. The topological polar surface area (TPSA) is 50.2 Å². The standard InChI is InChI=1S/C16H12ClNO2S/c1-8-6-7-9(2)13(16(19)20)12(8)15-18-11-5-3-4-10(17)14(11)21-15/h3-7H,1-2H3,(H,19,20). The molecule has 0 aliphatic carbocycles. The summed E-state index contributed by atoms with van der Waals surface area (Å²) in [6, 6.07) is 9.28. The highest BCUT2D eigenvalue weighted by Crippen LogP contribution is 2.38. The number of nitrogens with zero attached hydrogens (tertiary/aromatic N) is 1. The highest BCUT2D eigenvalue weighted by Gasteiger charge is 2.20. The van der Waals surface area contributed by atoms with Gasteiger partial charge in [0, 0.05) is 5.56 Å². The van der Waals surface area contributed by atoms with Gasteiger partial charge in [0.05, 0.1) is 20.8 Å². The van der Waals surface area contributed by atoms with Gasteiger partial charge >= 0.3 is 5.97 Å². The number of carboxylic acids is 1. The first kappa shape index (κ1) is 14.0. The fraction of sp³-hybridized carbons (Fsp3) is 0.125. The van der Waals surface area contributed by atoms with Crippen LogP contribution in [0.4, 0.5) is 0 Å². The lowest BCUT2D eigenvalue weighted by Crippen LogP contribution is -2.04. The number of aromatic carboxylic acids is 1. The second-order valence-corrected chi connectivity index (χ2v) is 6.27. The van der Waals surface area contributed by atoms with Crippen LogP contribution < -0.4 is 0 Å². The van der Waals surface area contributed by atoms with Crippen molar-refractivity contribution in [2.24, 2.45) is 0 Å². The minimum atomic E-state index is -0.934. The van der Waals surface area contributed by atoms with Gasteiger partial charge in [-0.05, 0) is 37.1 Å². The molecule has 3 rings (SSSR count). The number of hydrogen-bond acceptors (Lipinski definition) is 3. The van der Waals surface area contributed by atoms with Crippen molar-refractivity contribution in [2.45, 2.75) is 13.8 Å². The number of rotatable bonds is 2. The molecule has 21 heavy (non-hydrogen) atoms. The predicted octanol–water partition coefficient (Wildman–Crippen LogP) is 4.93. The van der Waals surface area contributed by atoms with Gasteiger partial charge in [-0.2, -0.15) is 0 Å². The van der Waals surface area contributed by atoms with E-state index in [1.54, 1.807) is 6.92 Å². The minimum absolute atomic E-state index is 0.310. The molecule has 0 aliphatic heterocycles. The van der Waals surface area contributed by atoms with Gasteiger partial charge in [-0.15, -0.1) is 11.3 Å². The molecule has 0 radical (unpaired) electrons. The molecule has 0 fully saturated rings. The Hall–Kier alpha value is -1.91. The smallest absolute Gasteiger partial charge is 0.336 e. The molecule has 1 N–H and O–H groups in total. The van der Waals surface area contributed by atoms with Gasteiger partial charge in [0.15, 0.2) is 0 Å². The summed E-state index contributed by atoms with van der Waals surface area (Å²) in [7, 11) is 0. The van der Waals surface area contributed by atoms with Crippen molar-refractivity contribution in [3.8, 4) is 10.6 Å². The number of carboxylic acid groups (broad SMARTS) is 1. The van der Waals surface area contributed by atoms with E-state index >= 15 is 0 Å². The van der Waals surface area contributed by atoms with Crippen LogP contribution in [0.3, 0.4) is 0 Å². The largest absolute Gasteiger partial charge is 0.478 e. The zero-order valence-electron chi connectivity index (χ0n) is 11.5. The van der Waals surface area contributed by atoms with E-state index in [4.69, 9.17) is 11.6 Å². The molecule has 5 heteroatoms. The fourth-order valence-electron chi connectivity index (χ4n) is 2.38. The van der Waals surface area contributed by atoms with Gasteiger partial charge < -0.3 is 5.11 Å². The highest BCUT2D eigenvalue weighted by atomic mass is 35.5. The van der Waals surface area contributed by atoms with Crippen molar-refractivity contribution in [3.05, 3.63) is 52.0 Å². The van der Waals surface area contributed by atoms with Gasteiger partial charge in [-0.25, -0.2) is 9.78 Å². The molecule has 0 amide bonds. The van der Waals surface area contributed by atoms with Gasteiger partial charge in [0.25, 0.3) is 0 Å². The van der Waals surface area contributed by atoms with Crippen LogP contribution in [0.25, 0.3) is 20.8 Å². The van der Waals surface area contributed by atoms with E-state index in [9.17, 15) is 9.90 Å². The van der Waals surface area contributed by atoms with Gasteiger partial charge in [-0.1, -0.05) is 29.8 Å². The number of benzene rings is 2. The lowest BCUT2D eigenvalue weighted by Gasteiger charge is -2.09. The fourth-order valence-corrected chi connectivity index (χ4v) is 3.76. The summed E-state index contributed by atoms with van der Waals surface area (Å²) in [4.78, 5) is 16.2. The maximum Gasteiger partial charge on any atom is 0.336 e. The summed E-state index contributed by atoms with van der Waals surface area (Å²) in [6.45, 7) is 3.70. The summed E-state index contributed by atoms with van der Waals surface area (Å²) in [5, 5.41) is 10.8. The first-order valence-electron chi connectivity index (χ1n) is 6.38. The van der Waals surface area contributed by atoms with Crippen LogP contribution in [0.1, 0.15) is 21.5 Å². The average molecular weight is 318 g/mol. The Morgan fingerprint density at radius 3 is 2.57 bits per heavy atom. The van der Waals surface area contributed by atoms with Gasteiger partial charge in [-0.3, -0.25) is 0 Å². The SMILES string of the molecule is Cc1ccc(C)c(-c2nc3cccc(Cl)c3s2)c1C(=O)O. The number of hydrogen-bond donors (Lipinski definition) is 1. The number of carbonyl (C=O) groups is 1. The molecule has 1 aromatic heterocycles. The number of aryl methyl sites for hydroxylation is 2. The third kappa shape index (κ3) is 2.30. The molecule has 0 saturated heterocycles. The second-order valence-electron chi connectivity index (χ2n) is 4.86. The van der Waals surface area contributed by atoms with Gasteiger partial charge in [0.1, 0.15) is 5.01 Å². The normalized spacial score (nSPS) is 11.0. The Labute approximate surface area is 130 Å². The number of fused-ring (bicyclic) bond motifs is 1. The average Bonchev–Trinajstić information content (AvgIpc) is 2.85. The van der Waals surface area contributed by atoms with Crippen LogP contribution in [0.15, 0.2) is 30.3 Å². The Bertz CT molecular complexity index is 870. The first-order valence-corrected chi connectivity index (χ1v) is 7.57. The van der Waals surface area contributed by atoms with Crippen LogP contribution in [0, 0.1) is 13.8 Å². The molecule has 1 heterocycles. The van der Waals surface area contributed by atoms with E-state index in [1.807, 2.05) is 37.3 Å². The molecule has 0 bridgehead atoms. The van der Waals surface area contributed by atoms with E-state index in [2.05, 4.69) is 4.98 Å². The Kier molecular flexibility index (Phi) is 3.43. The third-order valence-corrected chi connectivity index (χ3v) is 4.97. The van der Waals surface area contributed by atoms with Crippen LogP contribution in [0.5, 0.6) is 0 Å². The van der Waals surface area contributed by atoms with Crippen LogP contribution >= 0.6 is 22.9 Å². The van der Waals surface area contributed by atoms with Crippen molar-refractivity contribution in [2.75, 3.05) is 0 Å². The summed E-state index contributed by atoms with van der Waals surface area (Å²) < 4.78 is 0.881. The number of halogens is 1. The van der Waals surface area contributed by atoms with Crippen molar-refractivity contribution in [1.82, 2.24) is 4.98 Å². The molecule has 0 aliphatic rings. The quantitative estimate of drug-likeness (QED) is 0.729. The molecular formula is C16H12ClNO2S. The molecule has 3 nitrogen and oxygen atoms in total. The highest BCUT2D eigenvalue weighted by molar-refractivity contribution is 7.22. The molecular weight excluding hydrogens is 306 g/mol. The Balaban J connectivity index is 2.35. The molecule has 0 unspecified atom stereocenters. The Morgan fingerprint density at radius 2 is 1.90 bits per heavy atom. The molecule has 0 saturated carbocycles. The first-order chi connectivity index (χ1) is 9.99. The maximum absolute atomic E-state index is 11.6. The third-order valence-electron chi connectivity index (χ3n) is 3.42. The summed E-state index contributed by atoms with van der Waals surface area (Å²) in [5.74, 6) is -0.934. The lowest BCUT2D eigenvalue weighted by molar-refractivity contribution is 0.0697. The summed E-state index contributed by atoms with van der Waals surface area (Å²) in [5.41, 5.74) is 3.41. The lowest BCUT2D eigenvalue weighted by atomic mass is 9.98. The molecule has 0 atom stereocenters.